The van der Waals surface area contributed by atoms with Crippen LogP contribution >= 0.6 is 36.8 Å². The lowest BCUT2D eigenvalue weighted by atomic mass is 10.1. The van der Waals surface area contributed by atoms with Crippen molar-refractivity contribution in [3.63, 3.8) is 0 Å². The van der Waals surface area contributed by atoms with Gasteiger partial charge in [-0.25, -0.2) is 4.79 Å². The lowest BCUT2D eigenvalue weighted by Crippen LogP contribution is -2.47. The maximum atomic E-state index is 11.4. The molecular formula is C24H30Cl2N4O2S. The molecule has 2 aromatic carbocycles. The van der Waals surface area contributed by atoms with Gasteiger partial charge >= 0.3 is 6.09 Å². The van der Waals surface area contributed by atoms with E-state index in [1.807, 2.05) is 25.1 Å². The highest BCUT2D eigenvalue weighted by atomic mass is 35.5. The molecule has 1 aliphatic rings. The number of piperazine rings is 1. The summed E-state index contributed by atoms with van der Waals surface area (Å²) in [5.41, 5.74) is 4.63. The second kappa shape index (κ2) is 12.9. The lowest BCUT2D eigenvalue weighted by Gasteiger charge is -2.36. The fourth-order valence-corrected chi connectivity index (χ4v) is 4.68. The number of anilines is 1. The fourth-order valence-electron chi connectivity index (χ4n) is 3.96. The Morgan fingerprint density at radius 3 is 2.55 bits per heavy atom. The average molecular weight is 510 g/mol. The van der Waals surface area contributed by atoms with Gasteiger partial charge in [0.25, 0.3) is 0 Å². The number of amides is 1. The summed E-state index contributed by atoms with van der Waals surface area (Å²) >= 11 is 1.31. The number of carbonyl (C=O) groups is 1. The van der Waals surface area contributed by atoms with Gasteiger partial charge in [-0.1, -0.05) is 24.3 Å². The predicted octanol–water partition coefficient (Wildman–Crippen LogP) is 5.11. The van der Waals surface area contributed by atoms with Crippen LogP contribution in [0.3, 0.4) is 0 Å². The highest BCUT2D eigenvalue weighted by molar-refractivity contribution is 7.98. The van der Waals surface area contributed by atoms with E-state index >= 15 is 0 Å². The maximum Gasteiger partial charge on any atom is 0.417 e. The molecule has 0 saturated carbocycles. The van der Waals surface area contributed by atoms with Gasteiger partial charge in [0.15, 0.2) is 0 Å². The number of hydrogen-bond donors (Lipinski definition) is 1. The van der Waals surface area contributed by atoms with Crippen molar-refractivity contribution >= 4 is 59.4 Å². The molecular weight excluding hydrogens is 479 g/mol. The van der Waals surface area contributed by atoms with E-state index in [0.717, 1.165) is 55.3 Å². The summed E-state index contributed by atoms with van der Waals surface area (Å²) in [7, 11) is 1.37. The van der Waals surface area contributed by atoms with E-state index in [2.05, 4.69) is 60.6 Å². The first-order valence-electron chi connectivity index (χ1n) is 10.6. The van der Waals surface area contributed by atoms with Crippen LogP contribution in [0.2, 0.25) is 0 Å². The molecule has 1 N–H and O–H groups in total. The third kappa shape index (κ3) is 6.90. The van der Waals surface area contributed by atoms with Crippen LogP contribution in [0.1, 0.15) is 11.3 Å². The summed E-state index contributed by atoms with van der Waals surface area (Å²) in [5, 5.41) is 1.23. The predicted molar refractivity (Wildman–Crippen MR) is 141 cm³/mol. The average Bonchev–Trinajstić information content (AvgIpc) is 2.81. The number of rotatable bonds is 6. The smallest absolute Gasteiger partial charge is 0.417 e. The van der Waals surface area contributed by atoms with Crippen molar-refractivity contribution in [3.05, 3.63) is 65.9 Å². The Bertz CT molecular complexity index is 1060. The molecule has 1 aromatic heterocycles. The quantitative estimate of drug-likeness (QED) is 0.466. The number of pyridine rings is 1. The molecule has 6 nitrogen and oxygen atoms in total. The lowest BCUT2D eigenvalue weighted by molar-refractivity contribution is 0.178. The molecule has 178 valence electrons. The van der Waals surface area contributed by atoms with E-state index in [1.165, 1.54) is 35.7 Å². The minimum Gasteiger partial charge on any atom is -0.452 e. The minimum atomic E-state index is -0.435. The fraction of sp³-hybridized carbons (Fsp3) is 0.333. The number of benzene rings is 2. The topological polar surface area (TPSA) is 57.7 Å². The summed E-state index contributed by atoms with van der Waals surface area (Å²) < 4.78 is 7.36. The second-order valence-corrected chi connectivity index (χ2v) is 8.53. The van der Waals surface area contributed by atoms with Gasteiger partial charge in [-0.3, -0.25) is 14.6 Å². The monoisotopic (exact) mass is 508 g/mol. The number of aryl methyl sites for hydroxylation is 1. The van der Waals surface area contributed by atoms with E-state index in [9.17, 15) is 4.79 Å². The minimum absolute atomic E-state index is 0. The zero-order valence-electron chi connectivity index (χ0n) is 18.8. The second-order valence-electron chi connectivity index (χ2n) is 7.68. The zero-order valence-corrected chi connectivity index (χ0v) is 21.3. The van der Waals surface area contributed by atoms with E-state index in [-0.39, 0.29) is 24.8 Å². The summed E-state index contributed by atoms with van der Waals surface area (Å²) in [6, 6.07) is 18.9. The zero-order chi connectivity index (χ0) is 21.6. The number of fused-ring (bicyclic) bond motifs is 1. The molecule has 0 spiro atoms. The Morgan fingerprint density at radius 1 is 1.03 bits per heavy atom. The first kappa shape index (κ1) is 27.1. The molecule has 4 rings (SSSR count). The van der Waals surface area contributed by atoms with Crippen LogP contribution in [0, 0.1) is 6.92 Å². The Kier molecular flexibility index (Phi) is 10.6. The van der Waals surface area contributed by atoms with Crippen LogP contribution in [0.25, 0.3) is 10.9 Å². The third-order valence-corrected chi connectivity index (χ3v) is 6.55. The first-order chi connectivity index (χ1) is 15.1. The van der Waals surface area contributed by atoms with Crippen LogP contribution in [0.4, 0.5) is 10.5 Å². The molecule has 0 bridgehead atoms. The molecule has 1 amide bonds. The Hall–Kier alpha value is -2.19. The van der Waals surface area contributed by atoms with Crippen molar-refractivity contribution in [2.45, 2.75) is 18.2 Å². The van der Waals surface area contributed by atoms with Crippen LogP contribution < -0.4 is 9.62 Å². The van der Waals surface area contributed by atoms with Crippen molar-refractivity contribution in [2.24, 2.45) is 0 Å². The number of methoxy groups -OCH3 is 1. The number of aromatic nitrogens is 1. The van der Waals surface area contributed by atoms with E-state index in [1.54, 1.807) is 0 Å². The third-order valence-electron chi connectivity index (χ3n) is 5.66. The molecule has 1 aliphatic heterocycles. The van der Waals surface area contributed by atoms with Gasteiger partial charge in [-0.15, -0.1) is 24.8 Å². The highest BCUT2D eigenvalue weighted by Crippen LogP contribution is 2.27. The summed E-state index contributed by atoms with van der Waals surface area (Å²) in [6.45, 7) is 7.12. The molecule has 0 aliphatic carbocycles. The van der Waals surface area contributed by atoms with E-state index < -0.39 is 6.09 Å². The molecule has 1 fully saturated rings. The van der Waals surface area contributed by atoms with Gasteiger partial charge in [-0.05, 0) is 61.2 Å². The van der Waals surface area contributed by atoms with Gasteiger partial charge in [-0.2, -0.15) is 0 Å². The maximum absolute atomic E-state index is 11.4. The number of nitrogens with one attached hydrogen (secondary N) is 1. The number of halogens is 2. The Labute approximate surface area is 212 Å². The number of hydrogen-bond acceptors (Lipinski definition) is 6. The van der Waals surface area contributed by atoms with Gasteiger partial charge < -0.3 is 9.64 Å². The molecule has 1 saturated heterocycles. The van der Waals surface area contributed by atoms with E-state index in [4.69, 9.17) is 0 Å². The Balaban J connectivity index is 0.00000193. The van der Waals surface area contributed by atoms with Crippen LogP contribution in [-0.2, 0) is 11.2 Å². The first-order valence-corrected chi connectivity index (χ1v) is 11.4. The molecule has 33 heavy (non-hydrogen) atoms. The number of carbonyl (C=O) groups excluding carboxylic acids is 1. The molecule has 9 heteroatoms. The summed E-state index contributed by atoms with van der Waals surface area (Å²) in [4.78, 5) is 22.1. The van der Waals surface area contributed by atoms with Crippen molar-refractivity contribution < 1.29 is 9.53 Å². The summed E-state index contributed by atoms with van der Waals surface area (Å²) in [5.74, 6) is 0. The van der Waals surface area contributed by atoms with Crippen LogP contribution in [-0.4, -0.2) is 55.8 Å². The SMILES string of the molecule is COC(=O)NSc1ccccc1CCN1CCN(c2cccc3nc(C)ccc23)CC1.Cl.Cl. The normalized spacial score (nSPS) is 13.7. The van der Waals surface area contributed by atoms with Crippen molar-refractivity contribution in [1.29, 1.82) is 0 Å². The Morgan fingerprint density at radius 2 is 1.79 bits per heavy atom. The van der Waals surface area contributed by atoms with Gasteiger partial charge in [0.2, 0.25) is 0 Å². The van der Waals surface area contributed by atoms with Crippen molar-refractivity contribution in [3.8, 4) is 0 Å². The highest BCUT2D eigenvalue weighted by Gasteiger charge is 2.19. The van der Waals surface area contributed by atoms with Crippen LogP contribution in [0.15, 0.2) is 59.5 Å². The van der Waals surface area contributed by atoms with Crippen LogP contribution in [0.5, 0.6) is 0 Å². The van der Waals surface area contributed by atoms with Gasteiger partial charge in [0.05, 0.1) is 12.6 Å². The van der Waals surface area contributed by atoms with Crippen molar-refractivity contribution in [1.82, 2.24) is 14.6 Å². The number of nitrogens with zero attached hydrogens (tertiary/aromatic N) is 3. The molecule has 2 heterocycles. The molecule has 0 atom stereocenters. The van der Waals surface area contributed by atoms with E-state index in [0.29, 0.717) is 0 Å². The largest absolute Gasteiger partial charge is 0.452 e. The van der Waals surface area contributed by atoms with Gasteiger partial charge in [0.1, 0.15) is 0 Å². The number of ether oxygens (including phenoxy) is 1. The molecule has 3 aromatic rings. The molecule has 0 unspecified atom stereocenters. The molecule has 0 radical (unpaired) electrons. The van der Waals surface area contributed by atoms with Gasteiger partial charge in [0, 0.05) is 54.4 Å². The standard InChI is InChI=1S/C24H28N4O2S.2ClH/c1-18-10-11-20-21(25-18)7-5-8-22(20)28-16-14-27(15-17-28)13-12-19-6-3-4-9-23(19)31-26-24(29)30-2;;/h3-11H,12-17H2,1-2H3,(H,26,29);2*1H. The van der Waals surface area contributed by atoms with Crippen molar-refractivity contribution in [2.75, 3.05) is 44.7 Å². The summed E-state index contributed by atoms with van der Waals surface area (Å²) in [6.07, 6.45) is 0.512.